The molecule has 1 rings (SSSR count). The van der Waals surface area contributed by atoms with E-state index >= 15 is 0 Å². The van der Waals surface area contributed by atoms with E-state index in [1.54, 1.807) is 0 Å². The molecule has 0 aromatic carbocycles. The third-order valence-electron chi connectivity index (χ3n) is 3.28. The number of hydrogen-bond donors (Lipinski definition) is 1. The van der Waals surface area contributed by atoms with E-state index in [2.05, 4.69) is 0 Å². The minimum Gasteiger partial charge on any atom is -0.459 e. The molecule has 3 nitrogen and oxygen atoms in total. The van der Waals surface area contributed by atoms with Gasteiger partial charge in [-0.15, -0.1) is 0 Å². The fraction of sp³-hybridized carbons (Fsp3) is 0.909. The van der Waals surface area contributed by atoms with E-state index in [-0.39, 0.29) is 18.0 Å². The van der Waals surface area contributed by atoms with Gasteiger partial charge in [0.25, 0.3) is 0 Å². The second-order valence-corrected chi connectivity index (χ2v) is 4.43. The first-order chi connectivity index (χ1) is 6.49. The molecule has 14 heavy (non-hydrogen) atoms. The number of carbonyl (C=O) groups is 1. The molecule has 0 radical (unpaired) electrons. The van der Waals surface area contributed by atoms with E-state index in [0.29, 0.717) is 6.42 Å². The van der Waals surface area contributed by atoms with Crippen LogP contribution in [-0.4, -0.2) is 22.8 Å². The van der Waals surface area contributed by atoms with Gasteiger partial charge in [-0.2, -0.15) is 0 Å². The van der Waals surface area contributed by atoms with Crippen LogP contribution in [0.3, 0.4) is 0 Å². The van der Waals surface area contributed by atoms with Crippen LogP contribution in [0.2, 0.25) is 0 Å². The van der Waals surface area contributed by atoms with Crippen LogP contribution in [0.1, 0.15) is 46.5 Å². The van der Waals surface area contributed by atoms with E-state index < -0.39 is 5.60 Å². The Balaban J connectivity index is 2.54. The summed E-state index contributed by atoms with van der Waals surface area (Å²) >= 11 is 0. The highest BCUT2D eigenvalue weighted by Crippen LogP contribution is 2.38. The molecule has 3 atom stereocenters. The Morgan fingerprint density at radius 2 is 2.29 bits per heavy atom. The molecular weight excluding hydrogens is 180 g/mol. The lowest BCUT2D eigenvalue weighted by molar-refractivity contribution is -0.162. The highest BCUT2D eigenvalue weighted by molar-refractivity contribution is 5.69. The number of aliphatic hydroxyl groups excluding tert-OH is 1. The Morgan fingerprint density at radius 1 is 1.64 bits per heavy atom. The summed E-state index contributed by atoms with van der Waals surface area (Å²) in [7, 11) is 0. The van der Waals surface area contributed by atoms with Gasteiger partial charge in [0, 0.05) is 12.3 Å². The molecule has 82 valence electrons. The van der Waals surface area contributed by atoms with Crippen molar-refractivity contribution < 1.29 is 14.6 Å². The Morgan fingerprint density at radius 3 is 2.71 bits per heavy atom. The number of ether oxygens (including phenoxy) is 1. The van der Waals surface area contributed by atoms with Crippen molar-refractivity contribution in [3.05, 3.63) is 0 Å². The third kappa shape index (κ3) is 2.27. The quantitative estimate of drug-likeness (QED) is 0.707. The molecule has 0 amide bonds. The third-order valence-corrected chi connectivity index (χ3v) is 3.28. The summed E-state index contributed by atoms with van der Waals surface area (Å²) in [4.78, 5) is 11.4. The molecule has 1 saturated carbocycles. The van der Waals surface area contributed by atoms with Crippen molar-refractivity contribution in [1.82, 2.24) is 0 Å². The van der Waals surface area contributed by atoms with Gasteiger partial charge in [-0.05, 0) is 26.2 Å². The number of aliphatic hydroxyl groups is 1. The fourth-order valence-electron chi connectivity index (χ4n) is 1.98. The Labute approximate surface area is 85.5 Å². The summed E-state index contributed by atoms with van der Waals surface area (Å²) < 4.78 is 5.42. The van der Waals surface area contributed by atoms with Crippen molar-refractivity contribution in [2.24, 2.45) is 5.92 Å². The largest absolute Gasteiger partial charge is 0.459 e. The van der Waals surface area contributed by atoms with Crippen LogP contribution >= 0.6 is 0 Å². The first-order valence-electron chi connectivity index (χ1n) is 5.39. The van der Waals surface area contributed by atoms with Crippen LogP contribution in [0, 0.1) is 5.92 Å². The van der Waals surface area contributed by atoms with Crippen LogP contribution < -0.4 is 0 Å². The summed E-state index contributed by atoms with van der Waals surface area (Å²) in [5.74, 6) is -0.0979. The summed E-state index contributed by atoms with van der Waals surface area (Å²) in [6, 6.07) is 0. The zero-order valence-corrected chi connectivity index (χ0v) is 9.25. The van der Waals surface area contributed by atoms with Gasteiger partial charge in [-0.1, -0.05) is 13.8 Å². The minimum absolute atomic E-state index is 0.0447. The van der Waals surface area contributed by atoms with Crippen molar-refractivity contribution >= 4 is 5.97 Å². The molecule has 1 aliphatic rings. The molecule has 0 bridgehead atoms. The van der Waals surface area contributed by atoms with Gasteiger partial charge in [0.15, 0.2) is 0 Å². The molecular formula is C11H20O3. The second-order valence-electron chi connectivity index (χ2n) is 4.43. The second kappa shape index (κ2) is 4.30. The molecule has 0 saturated heterocycles. The Kier molecular flexibility index (Phi) is 3.53. The van der Waals surface area contributed by atoms with Gasteiger partial charge in [-0.3, -0.25) is 4.79 Å². The zero-order valence-electron chi connectivity index (χ0n) is 9.25. The molecule has 1 fully saturated rings. The number of esters is 1. The number of rotatable bonds is 3. The molecule has 0 aromatic rings. The van der Waals surface area contributed by atoms with Crippen molar-refractivity contribution in [2.75, 3.05) is 0 Å². The van der Waals surface area contributed by atoms with Crippen LogP contribution in [0.15, 0.2) is 0 Å². The summed E-state index contributed by atoms with van der Waals surface area (Å²) in [5, 5.41) is 9.58. The van der Waals surface area contributed by atoms with Crippen molar-refractivity contribution in [3.63, 3.8) is 0 Å². The van der Waals surface area contributed by atoms with E-state index in [1.807, 2.05) is 20.8 Å². The van der Waals surface area contributed by atoms with Crippen molar-refractivity contribution in [3.8, 4) is 0 Å². The van der Waals surface area contributed by atoms with Crippen LogP contribution in [-0.2, 0) is 9.53 Å². The summed E-state index contributed by atoms with van der Waals surface area (Å²) in [5.41, 5.74) is -0.453. The Hall–Kier alpha value is -0.570. The number of hydrogen-bond acceptors (Lipinski definition) is 3. The van der Waals surface area contributed by atoms with Gasteiger partial charge in [0.05, 0.1) is 6.10 Å². The fourth-order valence-corrected chi connectivity index (χ4v) is 1.98. The molecule has 0 spiro atoms. The van der Waals surface area contributed by atoms with E-state index in [9.17, 15) is 9.90 Å². The lowest BCUT2D eigenvalue weighted by Crippen LogP contribution is -2.37. The van der Waals surface area contributed by atoms with Gasteiger partial charge in [-0.25, -0.2) is 0 Å². The minimum atomic E-state index is -0.453. The van der Waals surface area contributed by atoms with Crippen LogP contribution in [0.25, 0.3) is 0 Å². The standard InChI is InChI=1S/C11H20O3/c1-4-5-10(13)14-11(3)7-6-9(12)8(11)2/h8-9,12H,4-7H2,1-3H3. The molecule has 3 unspecified atom stereocenters. The van der Waals surface area contributed by atoms with E-state index in [1.165, 1.54) is 0 Å². The Bertz CT molecular complexity index is 215. The maximum atomic E-state index is 11.4. The summed E-state index contributed by atoms with van der Waals surface area (Å²) in [6.45, 7) is 5.81. The predicted molar refractivity (Wildman–Crippen MR) is 53.8 cm³/mol. The monoisotopic (exact) mass is 200 g/mol. The molecule has 1 aliphatic carbocycles. The maximum Gasteiger partial charge on any atom is 0.306 e. The van der Waals surface area contributed by atoms with E-state index in [4.69, 9.17) is 4.74 Å². The predicted octanol–water partition coefficient (Wildman–Crippen LogP) is 1.88. The SMILES string of the molecule is CCCC(=O)OC1(C)CCC(O)C1C. The van der Waals surface area contributed by atoms with Crippen LogP contribution in [0.5, 0.6) is 0 Å². The zero-order chi connectivity index (χ0) is 10.8. The highest BCUT2D eigenvalue weighted by Gasteiger charge is 2.44. The summed E-state index contributed by atoms with van der Waals surface area (Å²) in [6.07, 6.45) is 2.46. The van der Waals surface area contributed by atoms with Gasteiger partial charge in [0.1, 0.15) is 5.60 Å². The van der Waals surface area contributed by atoms with Gasteiger partial charge >= 0.3 is 5.97 Å². The van der Waals surface area contributed by atoms with Crippen molar-refractivity contribution in [1.29, 1.82) is 0 Å². The van der Waals surface area contributed by atoms with Gasteiger partial charge < -0.3 is 9.84 Å². The molecule has 0 aromatic heterocycles. The average molecular weight is 200 g/mol. The molecule has 0 aliphatic heterocycles. The number of carbonyl (C=O) groups excluding carboxylic acids is 1. The van der Waals surface area contributed by atoms with Crippen molar-refractivity contribution in [2.45, 2.75) is 58.2 Å². The smallest absolute Gasteiger partial charge is 0.306 e. The maximum absolute atomic E-state index is 11.4. The van der Waals surface area contributed by atoms with Gasteiger partial charge in [0.2, 0.25) is 0 Å². The normalized spacial score (nSPS) is 37.1. The molecule has 0 heterocycles. The van der Waals surface area contributed by atoms with Crippen LogP contribution in [0.4, 0.5) is 0 Å². The molecule has 1 N–H and O–H groups in total. The first kappa shape index (κ1) is 11.5. The lowest BCUT2D eigenvalue weighted by atomic mass is 9.93. The lowest BCUT2D eigenvalue weighted by Gasteiger charge is -2.30. The first-order valence-corrected chi connectivity index (χ1v) is 5.39. The molecule has 3 heteroatoms. The highest BCUT2D eigenvalue weighted by atomic mass is 16.6. The topological polar surface area (TPSA) is 46.5 Å². The van der Waals surface area contributed by atoms with E-state index in [0.717, 1.165) is 19.3 Å². The average Bonchev–Trinajstić information content (AvgIpc) is 2.34.